The molecule has 3 N–H and O–H groups in total. The van der Waals surface area contributed by atoms with Crippen molar-refractivity contribution < 1.29 is 9.53 Å². The monoisotopic (exact) mass is 441 g/mol. The van der Waals surface area contributed by atoms with Gasteiger partial charge in [-0.05, 0) is 47.2 Å². The predicted octanol–water partition coefficient (Wildman–Crippen LogP) is 1.39. The number of aliphatic imine (C=N–C) groups is 1. The van der Waals surface area contributed by atoms with E-state index in [1.54, 1.807) is 7.05 Å². The quantitative estimate of drug-likeness (QED) is 0.260. The van der Waals surface area contributed by atoms with E-state index in [4.69, 9.17) is 4.74 Å². The first-order valence-electron chi connectivity index (χ1n) is 7.93. The minimum atomic E-state index is -0.470. The Bertz CT molecular complexity index is 385. The molecule has 0 aliphatic carbocycles. The van der Waals surface area contributed by atoms with Gasteiger partial charge in [0.1, 0.15) is 5.60 Å². The van der Waals surface area contributed by atoms with E-state index < -0.39 is 11.7 Å². The van der Waals surface area contributed by atoms with Gasteiger partial charge in [-0.15, -0.1) is 24.0 Å². The van der Waals surface area contributed by atoms with Crippen molar-refractivity contribution in [3.05, 3.63) is 0 Å². The summed E-state index contributed by atoms with van der Waals surface area (Å²) >= 11 is 0. The van der Waals surface area contributed by atoms with Crippen LogP contribution in [0.4, 0.5) is 4.79 Å². The highest BCUT2D eigenvalue weighted by molar-refractivity contribution is 14.0. The van der Waals surface area contributed by atoms with Crippen molar-refractivity contribution in [1.29, 1.82) is 0 Å². The number of guanidine groups is 1. The van der Waals surface area contributed by atoms with Gasteiger partial charge in [-0.2, -0.15) is 0 Å². The number of alkyl carbamates (subject to hydrolysis) is 1. The summed E-state index contributed by atoms with van der Waals surface area (Å²) in [5, 5.41) is 9.21. The van der Waals surface area contributed by atoms with Gasteiger partial charge in [0.25, 0.3) is 0 Å². The zero-order valence-corrected chi connectivity index (χ0v) is 17.3. The highest BCUT2D eigenvalue weighted by atomic mass is 127. The van der Waals surface area contributed by atoms with Crippen LogP contribution in [0.15, 0.2) is 4.99 Å². The Labute approximate surface area is 157 Å². The number of carbonyl (C=O) groups is 1. The maximum atomic E-state index is 11.5. The van der Waals surface area contributed by atoms with Crippen molar-refractivity contribution in [3.8, 4) is 0 Å². The summed E-state index contributed by atoms with van der Waals surface area (Å²) in [7, 11) is 3.90. The van der Waals surface area contributed by atoms with E-state index in [1.807, 2.05) is 20.8 Å². The maximum absolute atomic E-state index is 11.5. The number of ether oxygens (including phenoxy) is 1. The number of amides is 1. The van der Waals surface area contributed by atoms with Crippen molar-refractivity contribution in [2.45, 2.75) is 45.3 Å². The van der Waals surface area contributed by atoms with Crippen LogP contribution in [0.2, 0.25) is 0 Å². The molecular weight excluding hydrogens is 409 g/mol. The Morgan fingerprint density at radius 2 is 1.91 bits per heavy atom. The summed E-state index contributed by atoms with van der Waals surface area (Å²) in [6.45, 7) is 8.66. The van der Waals surface area contributed by atoms with Crippen LogP contribution in [0.3, 0.4) is 0 Å². The maximum Gasteiger partial charge on any atom is 0.407 e. The van der Waals surface area contributed by atoms with E-state index in [0.717, 1.165) is 19.0 Å². The van der Waals surface area contributed by atoms with E-state index in [2.05, 4.69) is 32.9 Å². The number of nitrogens with zero attached hydrogens (tertiary/aromatic N) is 2. The molecule has 8 heteroatoms. The molecule has 1 rings (SSSR count). The van der Waals surface area contributed by atoms with Crippen LogP contribution in [0, 0.1) is 0 Å². The van der Waals surface area contributed by atoms with Crippen molar-refractivity contribution in [2.75, 3.05) is 40.3 Å². The molecule has 7 nitrogen and oxygen atoms in total. The van der Waals surface area contributed by atoms with Crippen LogP contribution >= 0.6 is 24.0 Å². The summed E-state index contributed by atoms with van der Waals surface area (Å²) in [5.74, 6) is 0.756. The van der Waals surface area contributed by atoms with Gasteiger partial charge >= 0.3 is 6.09 Å². The summed E-state index contributed by atoms with van der Waals surface area (Å²) in [6.07, 6.45) is 2.08. The zero-order chi connectivity index (χ0) is 16.6. The van der Waals surface area contributed by atoms with Crippen LogP contribution < -0.4 is 16.0 Å². The highest BCUT2D eigenvalue weighted by Crippen LogP contribution is 2.13. The second-order valence-electron chi connectivity index (χ2n) is 6.59. The molecule has 1 heterocycles. The van der Waals surface area contributed by atoms with Crippen molar-refractivity contribution >= 4 is 36.0 Å². The molecule has 0 aromatic heterocycles. The lowest BCUT2D eigenvalue weighted by molar-refractivity contribution is 0.0529. The van der Waals surface area contributed by atoms with Crippen LogP contribution in [0.5, 0.6) is 0 Å². The van der Waals surface area contributed by atoms with E-state index >= 15 is 0 Å². The summed E-state index contributed by atoms with van der Waals surface area (Å²) < 4.78 is 5.17. The molecule has 1 aliphatic heterocycles. The third-order valence-corrected chi connectivity index (χ3v) is 3.49. The largest absolute Gasteiger partial charge is 0.444 e. The summed E-state index contributed by atoms with van der Waals surface area (Å²) in [4.78, 5) is 18.0. The first-order valence-corrected chi connectivity index (χ1v) is 7.93. The second-order valence-corrected chi connectivity index (χ2v) is 6.59. The van der Waals surface area contributed by atoms with Gasteiger partial charge in [0, 0.05) is 32.7 Å². The molecule has 1 aliphatic rings. The Morgan fingerprint density at radius 3 is 2.43 bits per heavy atom. The average Bonchev–Trinajstić information content (AvgIpc) is 2.81. The van der Waals surface area contributed by atoms with E-state index in [0.29, 0.717) is 19.1 Å². The van der Waals surface area contributed by atoms with Gasteiger partial charge in [0.2, 0.25) is 0 Å². The van der Waals surface area contributed by atoms with E-state index in [-0.39, 0.29) is 24.0 Å². The fraction of sp³-hybridized carbons (Fsp3) is 0.867. The highest BCUT2D eigenvalue weighted by Gasteiger charge is 2.20. The Balaban J connectivity index is 0.00000484. The van der Waals surface area contributed by atoms with Gasteiger partial charge in [0.15, 0.2) is 5.96 Å². The van der Waals surface area contributed by atoms with Crippen LogP contribution in [0.25, 0.3) is 0 Å². The smallest absolute Gasteiger partial charge is 0.407 e. The summed E-state index contributed by atoms with van der Waals surface area (Å²) in [6, 6.07) is 0.568. The van der Waals surface area contributed by atoms with Gasteiger partial charge in [-0.3, -0.25) is 4.99 Å². The molecule has 0 aromatic rings. The Kier molecular flexibility index (Phi) is 10.5. The third kappa shape index (κ3) is 9.85. The van der Waals surface area contributed by atoms with Crippen LogP contribution in [0.1, 0.15) is 33.6 Å². The lowest BCUT2D eigenvalue weighted by Gasteiger charge is -2.21. The minimum Gasteiger partial charge on any atom is -0.444 e. The van der Waals surface area contributed by atoms with Gasteiger partial charge in [-0.25, -0.2) is 4.79 Å². The molecule has 1 saturated heterocycles. The standard InChI is InChI=1S/C15H31N5O2.HI/c1-15(2,3)22-14(21)18-9-8-17-13(16-4)19-11-12-7-6-10-20(12)5;/h12H,6-11H2,1-5H3,(H,18,21)(H2,16,17,19);1H. The number of likely N-dealkylation sites (tertiary alicyclic amines) is 1. The normalized spacial score (nSPS) is 19.0. The lowest BCUT2D eigenvalue weighted by atomic mass is 10.2. The van der Waals surface area contributed by atoms with Crippen LogP contribution in [-0.4, -0.2) is 68.9 Å². The SMILES string of the molecule is CN=C(NCCNC(=O)OC(C)(C)C)NCC1CCCN1C.I. The van der Waals surface area contributed by atoms with E-state index in [9.17, 15) is 4.79 Å². The summed E-state index contributed by atoms with van der Waals surface area (Å²) in [5.41, 5.74) is -0.470. The third-order valence-electron chi connectivity index (χ3n) is 3.49. The fourth-order valence-electron chi connectivity index (χ4n) is 2.33. The topological polar surface area (TPSA) is 78.0 Å². The molecule has 23 heavy (non-hydrogen) atoms. The number of rotatable bonds is 5. The molecule has 136 valence electrons. The number of hydrogen-bond acceptors (Lipinski definition) is 4. The van der Waals surface area contributed by atoms with Gasteiger partial charge in [-0.1, -0.05) is 0 Å². The van der Waals surface area contributed by atoms with Crippen molar-refractivity contribution in [3.63, 3.8) is 0 Å². The number of likely N-dealkylation sites (N-methyl/N-ethyl adjacent to an activating group) is 1. The first kappa shape index (κ1) is 22.2. The molecule has 0 saturated carbocycles. The number of nitrogens with one attached hydrogen (secondary N) is 3. The number of hydrogen-bond donors (Lipinski definition) is 3. The lowest BCUT2D eigenvalue weighted by Crippen LogP contribution is -2.46. The van der Waals surface area contributed by atoms with Crippen LogP contribution in [-0.2, 0) is 4.74 Å². The Morgan fingerprint density at radius 1 is 1.26 bits per heavy atom. The molecule has 0 aromatic carbocycles. The number of halogens is 1. The molecule has 1 unspecified atom stereocenters. The molecule has 0 radical (unpaired) electrons. The number of carbonyl (C=O) groups excluding carboxylic acids is 1. The van der Waals surface area contributed by atoms with Gasteiger partial charge < -0.3 is 25.6 Å². The second kappa shape index (κ2) is 10.9. The minimum absolute atomic E-state index is 0. The molecule has 1 amide bonds. The zero-order valence-electron chi connectivity index (χ0n) is 14.9. The average molecular weight is 441 g/mol. The van der Waals surface area contributed by atoms with Gasteiger partial charge in [0.05, 0.1) is 0 Å². The molecule has 1 atom stereocenters. The van der Waals surface area contributed by atoms with E-state index in [1.165, 1.54) is 12.8 Å². The first-order chi connectivity index (χ1) is 10.3. The molecular formula is C15H32IN5O2. The fourth-order valence-corrected chi connectivity index (χ4v) is 2.33. The van der Waals surface area contributed by atoms with Crippen molar-refractivity contribution in [1.82, 2.24) is 20.9 Å². The molecule has 0 spiro atoms. The Hall–Kier alpha value is -0.770. The van der Waals surface area contributed by atoms with Crippen molar-refractivity contribution in [2.24, 2.45) is 4.99 Å². The molecule has 1 fully saturated rings. The predicted molar refractivity (Wildman–Crippen MR) is 105 cm³/mol. The molecule has 0 bridgehead atoms.